The van der Waals surface area contributed by atoms with E-state index in [1.807, 2.05) is 6.07 Å². The van der Waals surface area contributed by atoms with Crippen LogP contribution >= 0.6 is 0 Å². The summed E-state index contributed by atoms with van der Waals surface area (Å²) in [4.78, 5) is 13.3. The zero-order valence-electron chi connectivity index (χ0n) is 12.1. The molecule has 2 fully saturated rings. The summed E-state index contributed by atoms with van der Waals surface area (Å²) in [6, 6.07) is 1.85. The molecule has 0 amide bonds. The van der Waals surface area contributed by atoms with Crippen LogP contribution in [-0.4, -0.2) is 60.3 Å². The zero-order valence-corrected chi connectivity index (χ0v) is 12.1. The molecule has 0 unspecified atom stereocenters. The van der Waals surface area contributed by atoms with Crippen molar-refractivity contribution < 1.29 is 4.74 Å². The van der Waals surface area contributed by atoms with Gasteiger partial charge in [-0.15, -0.1) is 0 Å². The van der Waals surface area contributed by atoms with Gasteiger partial charge in [-0.1, -0.05) is 6.42 Å². The maximum Gasteiger partial charge on any atom is 0.225 e. The lowest BCUT2D eigenvalue weighted by atomic mass is 10.1. The van der Waals surface area contributed by atoms with Gasteiger partial charge < -0.3 is 14.5 Å². The van der Waals surface area contributed by atoms with Gasteiger partial charge in [0, 0.05) is 32.0 Å². The van der Waals surface area contributed by atoms with Crippen LogP contribution in [0.2, 0.25) is 0 Å². The van der Waals surface area contributed by atoms with Crippen LogP contribution in [0.25, 0.3) is 0 Å². The molecule has 1 aromatic rings. The van der Waals surface area contributed by atoms with E-state index < -0.39 is 0 Å². The van der Waals surface area contributed by atoms with E-state index in [0.29, 0.717) is 6.10 Å². The highest BCUT2D eigenvalue weighted by Gasteiger charge is 2.24. The molecule has 0 N–H and O–H groups in total. The first kappa shape index (κ1) is 13.8. The first-order valence-corrected chi connectivity index (χ1v) is 7.78. The summed E-state index contributed by atoms with van der Waals surface area (Å²) in [7, 11) is 0. The van der Waals surface area contributed by atoms with Crippen molar-refractivity contribution in [2.75, 3.05) is 44.2 Å². The van der Waals surface area contributed by atoms with Crippen molar-refractivity contribution in [3.8, 4) is 0 Å². The average molecular weight is 276 g/mol. The Labute approximate surface area is 121 Å². The Morgan fingerprint density at radius 2 is 1.90 bits per heavy atom. The van der Waals surface area contributed by atoms with Crippen LogP contribution in [0.3, 0.4) is 0 Å². The molecular weight excluding hydrogens is 252 g/mol. The fraction of sp³-hybridized carbons (Fsp3) is 0.733. The molecule has 0 aliphatic carbocycles. The molecule has 2 saturated heterocycles. The third-order valence-electron chi connectivity index (χ3n) is 4.19. The molecule has 1 atom stereocenters. The number of ether oxygens (including phenoxy) is 1. The minimum absolute atomic E-state index is 0.337. The van der Waals surface area contributed by atoms with Crippen molar-refractivity contribution in [2.24, 2.45) is 0 Å². The fourth-order valence-corrected chi connectivity index (χ4v) is 3.03. The number of piperidine rings is 1. The maximum absolute atomic E-state index is 6.02. The quantitative estimate of drug-likeness (QED) is 0.816. The largest absolute Gasteiger partial charge is 0.375 e. The Morgan fingerprint density at radius 1 is 1.10 bits per heavy atom. The van der Waals surface area contributed by atoms with E-state index in [1.165, 1.54) is 32.4 Å². The van der Waals surface area contributed by atoms with E-state index in [4.69, 9.17) is 4.74 Å². The van der Waals surface area contributed by atoms with Crippen LogP contribution < -0.4 is 4.90 Å². The molecule has 3 heterocycles. The molecule has 2 aliphatic rings. The van der Waals surface area contributed by atoms with Gasteiger partial charge in [0.05, 0.1) is 12.7 Å². The molecule has 2 aliphatic heterocycles. The van der Waals surface area contributed by atoms with Gasteiger partial charge in [0.2, 0.25) is 5.95 Å². The minimum atomic E-state index is 0.337. The highest BCUT2D eigenvalue weighted by Crippen LogP contribution is 2.17. The predicted octanol–water partition coefficient (Wildman–Crippen LogP) is 1.56. The highest BCUT2D eigenvalue weighted by atomic mass is 16.5. The SMILES string of the molecule is c1cnc(N2CC[C@@H](OCCN3CCCCC3)C2)nc1. The van der Waals surface area contributed by atoms with Gasteiger partial charge in [-0.05, 0) is 38.4 Å². The third kappa shape index (κ3) is 3.67. The normalized spacial score (nSPS) is 24.2. The number of aromatic nitrogens is 2. The average Bonchev–Trinajstić information content (AvgIpc) is 2.98. The highest BCUT2D eigenvalue weighted by molar-refractivity contribution is 5.30. The summed E-state index contributed by atoms with van der Waals surface area (Å²) < 4.78 is 6.02. The molecule has 0 bridgehead atoms. The molecule has 0 radical (unpaired) electrons. The topological polar surface area (TPSA) is 41.5 Å². The van der Waals surface area contributed by atoms with Crippen molar-refractivity contribution in [2.45, 2.75) is 31.8 Å². The first-order chi connectivity index (χ1) is 9.92. The van der Waals surface area contributed by atoms with Crippen LogP contribution in [0, 0.1) is 0 Å². The number of hydrogen-bond donors (Lipinski definition) is 0. The lowest BCUT2D eigenvalue weighted by Gasteiger charge is -2.26. The lowest BCUT2D eigenvalue weighted by molar-refractivity contribution is 0.0466. The van der Waals surface area contributed by atoms with Crippen LogP contribution in [0.4, 0.5) is 5.95 Å². The number of nitrogens with zero attached hydrogens (tertiary/aromatic N) is 4. The molecule has 5 heteroatoms. The van der Waals surface area contributed by atoms with Crippen molar-refractivity contribution in [1.82, 2.24) is 14.9 Å². The van der Waals surface area contributed by atoms with Crippen LogP contribution in [0.5, 0.6) is 0 Å². The monoisotopic (exact) mass is 276 g/mol. The maximum atomic E-state index is 6.02. The Bertz CT molecular complexity index is 394. The molecule has 1 aromatic heterocycles. The molecule has 0 spiro atoms. The summed E-state index contributed by atoms with van der Waals surface area (Å²) >= 11 is 0. The van der Waals surface area contributed by atoms with Gasteiger partial charge in [0.1, 0.15) is 0 Å². The Morgan fingerprint density at radius 3 is 2.70 bits per heavy atom. The van der Waals surface area contributed by atoms with Gasteiger partial charge >= 0.3 is 0 Å². The number of likely N-dealkylation sites (tertiary alicyclic amines) is 1. The van der Waals surface area contributed by atoms with E-state index in [-0.39, 0.29) is 0 Å². The summed E-state index contributed by atoms with van der Waals surface area (Å²) in [6.07, 6.45) is 9.11. The van der Waals surface area contributed by atoms with Crippen LogP contribution in [-0.2, 0) is 4.74 Å². The second kappa shape index (κ2) is 6.99. The van der Waals surface area contributed by atoms with Crippen molar-refractivity contribution in [3.63, 3.8) is 0 Å². The van der Waals surface area contributed by atoms with Gasteiger partial charge in [-0.2, -0.15) is 0 Å². The zero-order chi connectivity index (χ0) is 13.6. The predicted molar refractivity (Wildman–Crippen MR) is 78.9 cm³/mol. The second-order valence-corrected chi connectivity index (χ2v) is 5.68. The summed E-state index contributed by atoms with van der Waals surface area (Å²) in [5, 5.41) is 0. The smallest absolute Gasteiger partial charge is 0.225 e. The molecule has 5 nitrogen and oxygen atoms in total. The van der Waals surface area contributed by atoms with Gasteiger partial charge in [-0.25, -0.2) is 9.97 Å². The summed E-state index contributed by atoms with van der Waals surface area (Å²) in [5.74, 6) is 0.828. The molecule has 20 heavy (non-hydrogen) atoms. The molecule has 3 rings (SSSR count). The Kier molecular flexibility index (Phi) is 4.82. The van der Waals surface area contributed by atoms with Crippen LogP contribution in [0.15, 0.2) is 18.5 Å². The van der Waals surface area contributed by atoms with Crippen molar-refractivity contribution in [3.05, 3.63) is 18.5 Å². The number of anilines is 1. The number of rotatable bonds is 5. The Hall–Kier alpha value is -1.20. The van der Waals surface area contributed by atoms with E-state index in [1.54, 1.807) is 12.4 Å². The minimum Gasteiger partial charge on any atom is -0.375 e. The summed E-state index contributed by atoms with van der Waals surface area (Å²) in [6.45, 7) is 6.35. The molecular formula is C15H24N4O. The first-order valence-electron chi connectivity index (χ1n) is 7.78. The lowest BCUT2D eigenvalue weighted by Crippen LogP contribution is -2.34. The number of hydrogen-bond acceptors (Lipinski definition) is 5. The van der Waals surface area contributed by atoms with E-state index >= 15 is 0 Å². The fourth-order valence-electron chi connectivity index (χ4n) is 3.03. The van der Waals surface area contributed by atoms with Crippen LogP contribution in [0.1, 0.15) is 25.7 Å². The second-order valence-electron chi connectivity index (χ2n) is 5.68. The van der Waals surface area contributed by atoms with Gasteiger partial charge in [0.25, 0.3) is 0 Å². The van der Waals surface area contributed by atoms with E-state index in [2.05, 4.69) is 19.8 Å². The van der Waals surface area contributed by atoms with E-state index in [0.717, 1.165) is 38.6 Å². The van der Waals surface area contributed by atoms with E-state index in [9.17, 15) is 0 Å². The van der Waals surface area contributed by atoms with Gasteiger partial charge in [-0.3, -0.25) is 0 Å². The summed E-state index contributed by atoms with van der Waals surface area (Å²) in [5.41, 5.74) is 0. The molecule has 110 valence electrons. The van der Waals surface area contributed by atoms with Gasteiger partial charge in [0.15, 0.2) is 0 Å². The molecule has 0 aromatic carbocycles. The van der Waals surface area contributed by atoms with Crippen molar-refractivity contribution in [1.29, 1.82) is 0 Å². The standard InChI is InChI=1S/C15H24N4O/c1-2-8-18(9-3-1)11-12-20-14-5-10-19(13-14)15-16-6-4-7-17-15/h4,6-7,14H,1-3,5,8-13H2/t14-/m1/s1. The molecule has 0 saturated carbocycles. The third-order valence-corrected chi connectivity index (χ3v) is 4.19. The van der Waals surface area contributed by atoms with Crippen molar-refractivity contribution >= 4 is 5.95 Å². The Balaban J connectivity index is 1.37.